The molecule has 0 aromatic heterocycles. The first-order valence-electron chi connectivity index (χ1n) is 7.62. The highest BCUT2D eigenvalue weighted by molar-refractivity contribution is 5.01. The number of ether oxygens (including phenoxy) is 1. The first kappa shape index (κ1) is 18.0. The van der Waals surface area contributed by atoms with Gasteiger partial charge in [-0.05, 0) is 19.4 Å². The van der Waals surface area contributed by atoms with E-state index in [1.54, 1.807) is 0 Å². The second-order valence-corrected chi connectivity index (χ2v) is 6.47. The van der Waals surface area contributed by atoms with Crippen molar-refractivity contribution in [3.8, 4) is 0 Å². The lowest BCUT2D eigenvalue weighted by atomic mass is 9.79. The Morgan fingerprint density at radius 3 is 2.05 bits per heavy atom. The molecule has 12 N–H and O–H groups in total. The van der Waals surface area contributed by atoms with E-state index in [0.717, 1.165) is 0 Å². The van der Waals surface area contributed by atoms with Crippen LogP contribution in [0.25, 0.3) is 0 Å². The monoisotopic (exact) mass is 320 g/mol. The second-order valence-electron chi connectivity index (χ2n) is 6.47. The molecule has 0 aromatic rings. The van der Waals surface area contributed by atoms with Crippen LogP contribution in [0.3, 0.4) is 0 Å². The Hall–Kier alpha value is -0.360. The van der Waals surface area contributed by atoms with Gasteiger partial charge < -0.3 is 48.1 Å². The second kappa shape index (κ2) is 7.04. The van der Waals surface area contributed by atoms with E-state index in [9.17, 15) is 20.4 Å². The SMILES string of the molecule is NCC1C[C@@H](O[C@H]2C(N)C[C@@H](N)C(O)[C@H]2O)C(N)[C@@H](O)[C@H]1O. The van der Waals surface area contributed by atoms with Gasteiger partial charge in [0.25, 0.3) is 0 Å². The number of rotatable bonds is 3. The topological polar surface area (TPSA) is 194 Å². The zero-order valence-electron chi connectivity index (χ0n) is 12.4. The number of aliphatic hydroxyl groups is 4. The highest BCUT2D eigenvalue weighted by Gasteiger charge is 2.47. The lowest BCUT2D eigenvalue weighted by Gasteiger charge is -2.46. The molecule has 2 saturated carbocycles. The first-order valence-corrected chi connectivity index (χ1v) is 7.62. The molecule has 4 unspecified atom stereocenters. The lowest BCUT2D eigenvalue weighted by molar-refractivity contribution is -0.181. The van der Waals surface area contributed by atoms with Gasteiger partial charge in [-0.3, -0.25) is 0 Å². The van der Waals surface area contributed by atoms with E-state index < -0.39 is 54.7 Å². The Morgan fingerprint density at radius 1 is 0.818 bits per heavy atom. The van der Waals surface area contributed by atoms with E-state index in [4.69, 9.17) is 27.7 Å². The van der Waals surface area contributed by atoms with Crippen LogP contribution in [-0.2, 0) is 4.74 Å². The molecular formula is C13H28N4O5. The molecule has 2 aliphatic carbocycles. The molecule has 0 spiro atoms. The number of nitrogens with two attached hydrogens (primary N) is 4. The minimum atomic E-state index is -1.23. The Bertz CT molecular complexity index is 374. The minimum absolute atomic E-state index is 0.178. The molecular weight excluding hydrogens is 292 g/mol. The van der Waals surface area contributed by atoms with Crippen LogP contribution in [-0.4, -0.2) is 81.7 Å². The van der Waals surface area contributed by atoms with Gasteiger partial charge in [-0.15, -0.1) is 0 Å². The number of hydrogen-bond donors (Lipinski definition) is 8. The Labute approximate surface area is 129 Å². The van der Waals surface area contributed by atoms with Gasteiger partial charge in [0.1, 0.15) is 12.2 Å². The summed E-state index contributed by atoms with van der Waals surface area (Å²) in [4.78, 5) is 0. The zero-order chi connectivity index (χ0) is 16.6. The average Bonchev–Trinajstić information content (AvgIpc) is 2.49. The predicted octanol–water partition coefficient (Wildman–Crippen LogP) is -4.45. The van der Waals surface area contributed by atoms with E-state index in [1.807, 2.05) is 0 Å². The fourth-order valence-electron chi connectivity index (χ4n) is 3.38. The van der Waals surface area contributed by atoms with Gasteiger partial charge >= 0.3 is 0 Å². The summed E-state index contributed by atoms with van der Waals surface area (Å²) in [7, 11) is 0. The van der Waals surface area contributed by atoms with Gasteiger partial charge in [0, 0.05) is 18.0 Å². The maximum absolute atomic E-state index is 10.1. The van der Waals surface area contributed by atoms with Gasteiger partial charge in [0.05, 0.1) is 30.5 Å². The molecule has 2 aliphatic rings. The van der Waals surface area contributed by atoms with Crippen molar-refractivity contribution in [2.24, 2.45) is 28.9 Å². The van der Waals surface area contributed by atoms with Crippen molar-refractivity contribution in [2.75, 3.05) is 6.54 Å². The lowest BCUT2D eigenvalue weighted by Crippen LogP contribution is -2.65. The van der Waals surface area contributed by atoms with Crippen LogP contribution in [0.1, 0.15) is 12.8 Å². The molecule has 0 aromatic carbocycles. The normalized spacial score (nSPS) is 53.5. The van der Waals surface area contributed by atoms with Crippen LogP contribution < -0.4 is 22.9 Å². The van der Waals surface area contributed by atoms with Crippen molar-refractivity contribution in [1.29, 1.82) is 0 Å². The van der Waals surface area contributed by atoms with Gasteiger partial charge in [-0.1, -0.05) is 0 Å². The molecule has 0 bridgehead atoms. The van der Waals surface area contributed by atoms with Crippen molar-refractivity contribution in [3.05, 3.63) is 0 Å². The van der Waals surface area contributed by atoms with Crippen LogP contribution in [0.4, 0.5) is 0 Å². The number of aliphatic hydroxyl groups excluding tert-OH is 4. The Balaban J connectivity index is 2.08. The van der Waals surface area contributed by atoms with Crippen molar-refractivity contribution in [2.45, 2.75) is 67.6 Å². The van der Waals surface area contributed by atoms with Crippen molar-refractivity contribution in [1.82, 2.24) is 0 Å². The first-order chi connectivity index (χ1) is 10.3. The highest BCUT2D eigenvalue weighted by Crippen LogP contribution is 2.30. The molecule has 2 fully saturated rings. The van der Waals surface area contributed by atoms with Gasteiger partial charge in [-0.2, -0.15) is 0 Å². The fraction of sp³-hybridized carbons (Fsp3) is 1.00. The zero-order valence-corrected chi connectivity index (χ0v) is 12.4. The summed E-state index contributed by atoms with van der Waals surface area (Å²) in [6.45, 7) is 0.178. The maximum Gasteiger partial charge on any atom is 0.109 e. The summed E-state index contributed by atoms with van der Waals surface area (Å²) >= 11 is 0. The highest BCUT2D eigenvalue weighted by atomic mass is 16.5. The summed E-state index contributed by atoms with van der Waals surface area (Å²) in [5.41, 5.74) is 23.2. The molecule has 2 rings (SSSR count). The van der Waals surface area contributed by atoms with Gasteiger partial charge in [0.15, 0.2) is 0 Å². The van der Waals surface area contributed by atoms with Crippen molar-refractivity contribution < 1.29 is 25.2 Å². The third-order valence-electron chi connectivity index (χ3n) is 4.92. The smallest absolute Gasteiger partial charge is 0.109 e. The van der Waals surface area contributed by atoms with Crippen LogP contribution in [0.2, 0.25) is 0 Å². The largest absolute Gasteiger partial charge is 0.390 e. The molecule has 0 heterocycles. The third kappa shape index (κ3) is 3.28. The Morgan fingerprint density at radius 2 is 1.45 bits per heavy atom. The fourth-order valence-corrected chi connectivity index (χ4v) is 3.38. The van der Waals surface area contributed by atoms with Crippen molar-refractivity contribution >= 4 is 0 Å². The molecule has 0 radical (unpaired) electrons. The van der Waals surface area contributed by atoms with Crippen LogP contribution in [0, 0.1) is 5.92 Å². The maximum atomic E-state index is 10.1. The van der Waals surface area contributed by atoms with Crippen molar-refractivity contribution in [3.63, 3.8) is 0 Å². The molecule has 9 heteroatoms. The molecule has 0 saturated heterocycles. The van der Waals surface area contributed by atoms with Gasteiger partial charge in [-0.25, -0.2) is 0 Å². The minimum Gasteiger partial charge on any atom is -0.390 e. The summed E-state index contributed by atoms with van der Waals surface area (Å²) in [6, 6.07) is -2.00. The molecule has 9 nitrogen and oxygen atoms in total. The third-order valence-corrected chi connectivity index (χ3v) is 4.92. The predicted molar refractivity (Wildman–Crippen MR) is 78.4 cm³/mol. The molecule has 22 heavy (non-hydrogen) atoms. The van der Waals surface area contributed by atoms with E-state index in [-0.39, 0.29) is 12.5 Å². The standard InChI is InChI=1S/C13H28N4O5/c14-3-4-1-7(8(17)11(20)9(4)18)22-13-6(16)2-5(15)10(19)12(13)21/h4-13,18-21H,1-3,14-17H2/t4?,5-,6?,7-,8?,9+,10?,11-,12-,13+/m1/s1. The van der Waals surface area contributed by atoms with E-state index in [0.29, 0.717) is 12.8 Å². The molecule has 0 amide bonds. The number of hydrogen-bond acceptors (Lipinski definition) is 9. The molecule has 0 aliphatic heterocycles. The summed E-state index contributed by atoms with van der Waals surface area (Å²) in [6.07, 6.45) is -5.37. The summed E-state index contributed by atoms with van der Waals surface area (Å²) in [5.74, 6) is -0.357. The van der Waals surface area contributed by atoms with Crippen LogP contribution in [0.15, 0.2) is 0 Å². The van der Waals surface area contributed by atoms with Crippen LogP contribution >= 0.6 is 0 Å². The van der Waals surface area contributed by atoms with Crippen LogP contribution in [0.5, 0.6) is 0 Å². The Kier molecular flexibility index (Phi) is 5.75. The molecule has 130 valence electrons. The molecule has 10 atom stereocenters. The van der Waals surface area contributed by atoms with E-state index in [2.05, 4.69) is 0 Å². The summed E-state index contributed by atoms with van der Waals surface area (Å²) in [5, 5.41) is 39.9. The quantitative estimate of drug-likeness (QED) is 0.253. The van der Waals surface area contributed by atoms with E-state index in [1.165, 1.54) is 0 Å². The average molecular weight is 320 g/mol. The summed E-state index contributed by atoms with van der Waals surface area (Å²) < 4.78 is 5.80. The van der Waals surface area contributed by atoms with E-state index >= 15 is 0 Å². The van der Waals surface area contributed by atoms with Gasteiger partial charge in [0.2, 0.25) is 0 Å².